The number of rotatable bonds is 7. The van der Waals surface area contributed by atoms with Gasteiger partial charge in [-0.15, -0.1) is 11.3 Å². The van der Waals surface area contributed by atoms with E-state index in [0.717, 1.165) is 23.4 Å². The maximum Gasteiger partial charge on any atom is 0.159 e. The van der Waals surface area contributed by atoms with Crippen molar-refractivity contribution in [1.82, 2.24) is 4.98 Å². The Labute approximate surface area is 175 Å². The van der Waals surface area contributed by atoms with Gasteiger partial charge >= 0.3 is 0 Å². The Kier molecular flexibility index (Phi) is 6.58. The molecule has 2 aromatic carbocycles. The van der Waals surface area contributed by atoms with Gasteiger partial charge in [-0.1, -0.05) is 38.1 Å². The number of hydrogen-bond donors (Lipinski definition) is 1. The standard InChI is InChI=1S/C24H23N3OS/c1-16(2)12-18-4-6-20(7-5-18)23-15-29-24(27-23)21(13-25)14-26-22-10-8-19(9-11-22)17(3)28/h4-11,14-16,26H,12H2,1-3H3/b21-14-. The molecule has 0 spiro atoms. The Morgan fingerprint density at radius 1 is 1.17 bits per heavy atom. The average molecular weight is 402 g/mol. The first-order chi connectivity index (χ1) is 14.0. The van der Waals surface area contributed by atoms with E-state index in [9.17, 15) is 10.1 Å². The number of aromatic nitrogens is 1. The van der Waals surface area contributed by atoms with Crippen LogP contribution in [0.3, 0.4) is 0 Å². The molecule has 146 valence electrons. The summed E-state index contributed by atoms with van der Waals surface area (Å²) in [5.74, 6) is 0.651. The van der Waals surface area contributed by atoms with E-state index in [1.165, 1.54) is 23.8 Å². The molecule has 0 radical (unpaired) electrons. The predicted octanol–water partition coefficient (Wildman–Crippen LogP) is 6.19. The number of carbonyl (C=O) groups is 1. The van der Waals surface area contributed by atoms with Crippen LogP contribution in [0, 0.1) is 17.2 Å². The topological polar surface area (TPSA) is 65.8 Å². The Bertz CT molecular complexity index is 1050. The van der Waals surface area contributed by atoms with Crippen molar-refractivity contribution in [2.75, 3.05) is 5.32 Å². The van der Waals surface area contributed by atoms with Crippen LogP contribution in [-0.4, -0.2) is 10.8 Å². The summed E-state index contributed by atoms with van der Waals surface area (Å²) >= 11 is 1.45. The van der Waals surface area contributed by atoms with Gasteiger partial charge in [-0.3, -0.25) is 4.79 Å². The highest BCUT2D eigenvalue weighted by Crippen LogP contribution is 2.26. The van der Waals surface area contributed by atoms with Crippen LogP contribution < -0.4 is 5.32 Å². The summed E-state index contributed by atoms with van der Waals surface area (Å²) in [6.45, 7) is 5.96. The van der Waals surface area contributed by atoms with Crippen molar-refractivity contribution in [2.24, 2.45) is 5.92 Å². The molecule has 1 aromatic heterocycles. The van der Waals surface area contributed by atoms with E-state index in [0.29, 0.717) is 22.1 Å². The quantitative estimate of drug-likeness (QED) is 0.379. The van der Waals surface area contributed by atoms with E-state index in [2.05, 4.69) is 54.5 Å². The summed E-state index contributed by atoms with van der Waals surface area (Å²) in [5.41, 5.74) is 5.16. The van der Waals surface area contributed by atoms with Crippen LogP contribution in [0.15, 0.2) is 60.1 Å². The summed E-state index contributed by atoms with van der Waals surface area (Å²) in [6, 6.07) is 17.8. The molecule has 0 fully saturated rings. The summed E-state index contributed by atoms with van der Waals surface area (Å²) < 4.78 is 0. The third-order valence-electron chi connectivity index (χ3n) is 4.42. The Morgan fingerprint density at radius 3 is 2.45 bits per heavy atom. The number of allylic oxidation sites excluding steroid dienone is 1. The Hall–Kier alpha value is -3.23. The Morgan fingerprint density at radius 2 is 1.86 bits per heavy atom. The molecular weight excluding hydrogens is 378 g/mol. The van der Waals surface area contributed by atoms with E-state index in [1.807, 2.05) is 17.5 Å². The monoisotopic (exact) mass is 401 g/mol. The number of nitrogens with zero attached hydrogens (tertiary/aromatic N) is 2. The van der Waals surface area contributed by atoms with Crippen molar-refractivity contribution < 1.29 is 4.79 Å². The molecular formula is C24H23N3OS. The van der Waals surface area contributed by atoms with Crippen molar-refractivity contribution in [3.63, 3.8) is 0 Å². The van der Waals surface area contributed by atoms with Gasteiger partial charge in [0.2, 0.25) is 0 Å². The van der Waals surface area contributed by atoms with Crippen LogP contribution in [-0.2, 0) is 6.42 Å². The molecule has 0 amide bonds. The lowest BCUT2D eigenvalue weighted by Gasteiger charge is -2.05. The first kappa shape index (κ1) is 20.5. The van der Waals surface area contributed by atoms with Crippen LogP contribution in [0.1, 0.15) is 41.7 Å². The molecule has 1 N–H and O–H groups in total. The molecule has 0 saturated heterocycles. The molecule has 0 unspecified atom stereocenters. The highest BCUT2D eigenvalue weighted by Gasteiger charge is 2.09. The summed E-state index contributed by atoms with van der Waals surface area (Å²) in [4.78, 5) is 16.0. The molecule has 5 heteroatoms. The minimum atomic E-state index is 0.0253. The highest BCUT2D eigenvalue weighted by atomic mass is 32.1. The van der Waals surface area contributed by atoms with Gasteiger partial charge in [-0.2, -0.15) is 5.26 Å². The zero-order valence-corrected chi connectivity index (χ0v) is 17.6. The lowest BCUT2D eigenvalue weighted by atomic mass is 10.0. The van der Waals surface area contributed by atoms with Crippen LogP contribution in [0.25, 0.3) is 16.8 Å². The number of thiazole rings is 1. The number of ketones is 1. The zero-order valence-electron chi connectivity index (χ0n) is 16.8. The molecule has 0 aliphatic heterocycles. The second-order valence-electron chi connectivity index (χ2n) is 7.28. The fourth-order valence-electron chi connectivity index (χ4n) is 2.91. The zero-order chi connectivity index (χ0) is 20.8. The van der Waals surface area contributed by atoms with Crippen molar-refractivity contribution in [3.05, 3.63) is 76.2 Å². The van der Waals surface area contributed by atoms with Crippen LogP contribution in [0.2, 0.25) is 0 Å². The van der Waals surface area contributed by atoms with Gasteiger partial charge in [0, 0.05) is 28.4 Å². The van der Waals surface area contributed by atoms with Gasteiger partial charge in [0.15, 0.2) is 5.78 Å². The van der Waals surface area contributed by atoms with Crippen LogP contribution in [0.4, 0.5) is 5.69 Å². The van der Waals surface area contributed by atoms with Crippen LogP contribution in [0.5, 0.6) is 0 Å². The van der Waals surface area contributed by atoms with E-state index < -0.39 is 0 Å². The maximum atomic E-state index is 11.4. The first-order valence-electron chi connectivity index (χ1n) is 9.49. The molecule has 3 aromatic rings. The Balaban J connectivity index is 1.74. The summed E-state index contributed by atoms with van der Waals surface area (Å²) in [5, 5.41) is 15.3. The fourth-order valence-corrected chi connectivity index (χ4v) is 3.71. The third kappa shape index (κ3) is 5.40. The van der Waals surface area contributed by atoms with Gasteiger partial charge in [0.1, 0.15) is 16.6 Å². The SMILES string of the molecule is CC(=O)c1ccc(N/C=C(/C#N)c2nc(-c3ccc(CC(C)C)cc3)cs2)cc1. The van der Waals surface area contributed by atoms with Gasteiger partial charge in [0.25, 0.3) is 0 Å². The van der Waals surface area contributed by atoms with Crippen LogP contribution >= 0.6 is 11.3 Å². The molecule has 29 heavy (non-hydrogen) atoms. The molecule has 3 rings (SSSR count). The summed E-state index contributed by atoms with van der Waals surface area (Å²) in [6.07, 6.45) is 2.71. The number of nitrogens with one attached hydrogen (secondary N) is 1. The van der Waals surface area contributed by atoms with Gasteiger partial charge in [0.05, 0.1) is 5.69 Å². The first-order valence-corrected chi connectivity index (χ1v) is 10.4. The molecule has 0 atom stereocenters. The number of hydrogen-bond acceptors (Lipinski definition) is 5. The van der Waals surface area contributed by atoms with Gasteiger partial charge in [-0.25, -0.2) is 4.98 Å². The maximum absolute atomic E-state index is 11.4. The summed E-state index contributed by atoms with van der Waals surface area (Å²) in [7, 11) is 0. The lowest BCUT2D eigenvalue weighted by molar-refractivity contribution is 0.101. The average Bonchev–Trinajstić information content (AvgIpc) is 3.19. The molecule has 0 saturated carbocycles. The van der Waals surface area contributed by atoms with Crippen molar-refractivity contribution in [2.45, 2.75) is 27.2 Å². The smallest absolute Gasteiger partial charge is 0.159 e. The molecule has 0 bridgehead atoms. The third-order valence-corrected chi connectivity index (χ3v) is 5.30. The number of carbonyl (C=O) groups excluding carboxylic acids is 1. The van der Waals surface area contributed by atoms with Crippen molar-refractivity contribution >= 4 is 28.4 Å². The van der Waals surface area contributed by atoms with E-state index in [-0.39, 0.29) is 5.78 Å². The van der Waals surface area contributed by atoms with E-state index >= 15 is 0 Å². The molecule has 1 heterocycles. The molecule has 4 nitrogen and oxygen atoms in total. The normalized spacial score (nSPS) is 11.3. The second-order valence-corrected chi connectivity index (χ2v) is 8.14. The molecule has 0 aliphatic rings. The minimum Gasteiger partial charge on any atom is -0.360 e. The molecule has 0 aliphatic carbocycles. The number of anilines is 1. The number of nitriles is 1. The highest BCUT2D eigenvalue weighted by molar-refractivity contribution is 7.11. The van der Waals surface area contributed by atoms with Crippen molar-refractivity contribution in [1.29, 1.82) is 5.26 Å². The largest absolute Gasteiger partial charge is 0.360 e. The minimum absolute atomic E-state index is 0.0253. The van der Waals surface area contributed by atoms with E-state index in [4.69, 9.17) is 0 Å². The van der Waals surface area contributed by atoms with Crippen molar-refractivity contribution in [3.8, 4) is 17.3 Å². The number of benzene rings is 2. The lowest BCUT2D eigenvalue weighted by Crippen LogP contribution is -1.94. The number of Topliss-reactive ketones (excluding diaryl/α,β-unsaturated/α-hetero) is 1. The van der Waals surface area contributed by atoms with Gasteiger partial charge < -0.3 is 5.32 Å². The van der Waals surface area contributed by atoms with E-state index in [1.54, 1.807) is 18.3 Å². The predicted molar refractivity (Wildman–Crippen MR) is 120 cm³/mol. The fraction of sp³-hybridized carbons (Fsp3) is 0.208. The second kappa shape index (κ2) is 9.31. The van der Waals surface area contributed by atoms with Gasteiger partial charge in [-0.05, 0) is 49.1 Å².